The molecular formula is C11H13NO3. The largest absolute Gasteiger partial charge is 0.493 e. The van der Waals surface area contributed by atoms with Crippen molar-refractivity contribution < 1.29 is 9.66 Å². The third-order valence-corrected chi connectivity index (χ3v) is 1.87. The van der Waals surface area contributed by atoms with Crippen molar-refractivity contribution in [3.05, 3.63) is 45.6 Å². The van der Waals surface area contributed by atoms with Crippen molar-refractivity contribution in [2.75, 3.05) is 6.61 Å². The second kappa shape index (κ2) is 5.14. The van der Waals surface area contributed by atoms with Gasteiger partial charge in [-0.15, -0.1) is 0 Å². The van der Waals surface area contributed by atoms with Crippen molar-refractivity contribution in [1.82, 2.24) is 0 Å². The van der Waals surface area contributed by atoms with E-state index in [4.69, 9.17) is 4.74 Å². The number of rotatable bonds is 4. The first kappa shape index (κ1) is 11.2. The van der Waals surface area contributed by atoms with Crippen LogP contribution in [0.4, 0.5) is 0 Å². The average molecular weight is 207 g/mol. The Labute approximate surface area is 88.3 Å². The van der Waals surface area contributed by atoms with Crippen molar-refractivity contribution in [2.24, 2.45) is 0 Å². The maximum Gasteiger partial charge on any atom is 0.243 e. The number of para-hydroxylation sites is 1. The molecule has 0 fully saturated rings. The molecule has 0 radical (unpaired) electrons. The lowest BCUT2D eigenvalue weighted by Gasteiger charge is -2.05. The first-order valence-corrected chi connectivity index (χ1v) is 4.69. The van der Waals surface area contributed by atoms with Crippen LogP contribution >= 0.6 is 0 Å². The molecular weight excluding hydrogens is 194 g/mol. The molecule has 0 aliphatic carbocycles. The molecule has 0 atom stereocenters. The second-order valence-corrected chi connectivity index (χ2v) is 3.01. The average Bonchev–Trinajstić information content (AvgIpc) is 2.21. The summed E-state index contributed by atoms with van der Waals surface area (Å²) in [7, 11) is 0. The van der Waals surface area contributed by atoms with Gasteiger partial charge >= 0.3 is 0 Å². The van der Waals surface area contributed by atoms with E-state index in [9.17, 15) is 10.1 Å². The van der Waals surface area contributed by atoms with E-state index in [0.29, 0.717) is 12.4 Å². The Morgan fingerprint density at radius 3 is 2.80 bits per heavy atom. The molecule has 0 unspecified atom stereocenters. The zero-order valence-corrected chi connectivity index (χ0v) is 8.77. The van der Waals surface area contributed by atoms with Crippen LogP contribution < -0.4 is 4.74 Å². The molecule has 80 valence electrons. The van der Waals surface area contributed by atoms with Gasteiger partial charge in [0.1, 0.15) is 5.75 Å². The van der Waals surface area contributed by atoms with Gasteiger partial charge in [-0.05, 0) is 13.0 Å². The van der Waals surface area contributed by atoms with Crippen LogP contribution in [0.15, 0.2) is 30.0 Å². The molecule has 1 aromatic rings. The molecule has 15 heavy (non-hydrogen) atoms. The number of benzene rings is 1. The highest BCUT2D eigenvalue weighted by molar-refractivity contribution is 5.58. The number of allylic oxidation sites excluding steroid dienone is 1. The Kier molecular flexibility index (Phi) is 3.85. The van der Waals surface area contributed by atoms with Gasteiger partial charge < -0.3 is 4.74 Å². The standard InChI is InChI=1S/C11H13NO3/c1-3-15-11-7-5-4-6-10(11)8-9(2)12(13)14/h4-8H,3H2,1-2H3. The predicted molar refractivity (Wildman–Crippen MR) is 58.3 cm³/mol. The van der Waals surface area contributed by atoms with Crippen LogP contribution in [0.2, 0.25) is 0 Å². The van der Waals surface area contributed by atoms with Gasteiger partial charge in [-0.2, -0.15) is 0 Å². The van der Waals surface area contributed by atoms with E-state index in [1.807, 2.05) is 19.1 Å². The minimum absolute atomic E-state index is 0.0992. The molecule has 1 aromatic carbocycles. The normalized spacial score (nSPS) is 11.2. The van der Waals surface area contributed by atoms with Gasteiger partial charge in [0.05, 0.1) is 11.5 Å². The first-order chi connectivity index (χ1) is 7.15. The first-order valence-electron chi connectivity index (χ1n) is 4.69. The smallest absolute Gasteiger partial charge is 0.243 e. The molecule has 1 rings (SSSR count). The van der Waals surface area contributed by atoms with Gasteiger partial charge in [0.2, 0.25) is 5.70 Å². The summed E-state index contributed by atoms with van der Waals surface area (Å²) >= 11 is 0. The molecule has 0 amide bonds. The van der Waals surface area contributed by atoms with Crippen LogP contribution in [-0.4, -0.2) is 11.5 Å². The number of ether oxygens (including phenoxy) is 1. The van der Waals surface area contributed by atoms with E-state index < -0.39 is 4.92 Å². The Hall–Kier alpha value is -1.84. The number of hydrogen-bond acceptors (Lipinski definition) is 3. The molecule has 4 nitrogen and oxygen atoms in total. The highest BCUT2D eigenvalue weighted by atomic mass is 16.6. The fraction of sp³-hybridized carbons (Fsp3) is 0.273. The molecule has 0 N–H and O–H groups in total. The van der Waals surface area contributed by atoms with Crippen LogP contribution in [0.5, 0.6) is 5.75 Å². The van der Waals surface area contributed by atoms with E-state index in [1.54, 1.807) is 12.1 Å². The molecule has 0 aliphatic rings. The number of nitrogens with zero attached hydrogens (tertiary/aromatic N) is 1. The number of hydrogen-bond donors (Lipinski definition) is 0. The summed E-state index contributed by atoms with van der Waals surface area (Å²) in [5.74, 6) is 0.668. The lowest BCUT2D eigenvalue weighted by molar-refractivity contribution is -0.422. The fourth-order valence-electron chi connectivity index (χ4n) is 1.16. The van der Waals surface area contributed by atoms with E-state index in [1.165, 1.54) is 13.0 Å². The zero-order valence-electron chi connectivity index (χ0n) is 8.77. The van der Waals surface area contributed by atoms with Gasteiger partial charge in [0.25, 0.3) is 0 Å². The Morgan fingerprint density at radius 2 is 2.20 bits per heavy atom. The zero-order chi connectivity index (χ0) is 11.3. The van der Waals surface area contributed by atoms with Crippen LogP contribution in [0.25, 0.3) is 6.08 Å². The predicted octanol–water partition coefficient (Wildman–Crippen LogP) is 2.72. The molecule has 4 heteroatoms. The Bertz CT molecular complexity index is 385. The van der Waals surface area contributed by atoms with Crippen molar-refractivity contribution in [1.29, 1.82) is 0 Å². The number of nitro groups is 1. The summed E-state index contributed by atoms with van der Waals surface area (Å²) in [5, 5.41) is 10.5. The van der Waals surface area contributed by atoms with E-state index in [-0.39, 0.29) is 5.70 Å². The molecule has 0 heterocycles. The quantitative estimate of drug-likeness (QED) is 0.563. The minimum Gasteiger partial charge on any atom is -0.493 e. The molecule has 0 bridgehead atoms. The summed E-state index contributed by atoms with van der Waals surface area (Å²) in [4.78, 5) is 10.1. The Balaban J connectivity index is 3.03. The highest BCUT2D eigenvalue weighted by Crippen LogP contribution is 2.20. The monoisotopic (exact) mass is 207 g/mol. The van der Waals surface area contributed by atoms with Crippen molar-refractivity contribution in [3.63, 3.8) is 0 Å². The van der Waals surface area contributed by atoms with Crippen molar-refractivity contribution in [2.45, 2.75) is 13.8 Å². The van der Waals surface area contributed by atoms with Crippen LogP contribution in [0.1, 0.15) is 19.4 Å². The third kappa shape index (κ3) is 3.09. The van der Waals surface area contributed by atoms with Gasteiger partial charge in [0.15, 0.2) is 0 Å². The molecule has 0 saturated carbocycles. The highest BCUT2D eigenvalue weighted by Gasteiger charge is 2.05. The van der Waals surface area contributed by atoms with Crippen LogP contribution in [0, 0.1) is 10.1 Å². The molecule has 0 aromatic heterocycles. The van der Waals surface area contributed by atoms with Crippen molar-refractivity contribution in [3.8, 4) is 5.75 Å². The molecule has 0 aliphatic heterocycles. The molecule has 0 saturated heterocycles. The van der Waals surface area contributed by atoms with Crippen molar-refractivity contribution >= 4 is 6.08 Å². The minimum atomic E-state index is -0.414. The summed E-state index contributed by atoms with van der Waals surface area (Å²) in [6.45, 7) is 3.88. The topological polar surface area (TPSA) is 52.4 Å². The fourth-order valence-corrected chi connectivity index (χ4v) is 1.16. The van der Waals surface area contributed by atoms with Gasteiger partial charge in [-0.25, -0.2) is 0 Å². The van der Waals surface area contributed by atoms with Gasteiger partial charge in [0, 0.05) is 18.6 Å². The van der Waals surface area contributed by atoms with E-state index >= 15 is 0 Å². The van der Waals surface area contributed by atoms with E-state index in [2.05, 4.69) is 0 Å². The molecule has 0 spiro atoms. The summed E-state index contributed by atoms with van der Waals surface area (Å²) in [6.07, 6.45) is 1.50. The second-order valence-electron chi connectivity index (χ2n) is 3.01. The van der Waals surface area contributed by atoms with E-state index in [0.717, 1.165) is 5.56 Å². The van der Waals surface area contributed by atoms with Crippen LogP contribution in [0.3, 0.4) is 0 Å². The summed E-state index contributed by atoms with van der Waals surface area (Å²) < 4.78 is 5.35. The third-order valence-electron chi connectivity index (χ3n) is 1.87. The summed E-state index contributed by atoms with van der Waals surface area (Å²) in [5.41, 5.74) is 0.829. The Morgan fingerprint density at radius 1 is 1.53 bits per heavy atom. The van der Waals surface area contributed by atoms with Gasteiger partial charge in [-0.1, -0.05) is 18.2 Å². The maximum atomic E-state index is 10.5. The maximum absolute atomic E-state index is 10.5. The SMILES string of the molecule is CCOc1ccccc1C=C(C)[N+](=O)[O-]. The lowest BCUT2D eigenvalue weighted by atomic mass is 10.2. The van der Waals surface area contributed by atoms with Crippen LogP contribution in [-0.2, 0) is 0 Å². The lowest BCUT2D eigenvalue weighted by Crippen LogP contribution is -1.96. The summed E-state index contributed by atoms with van der Waals surface area (Å²) in [6, 6.07) is 7.24. The van der Waals surface area contributed by atoms with Gasteiger partial charge in [-0.3, -0.25) is 10.1 Å².